The second-order valence-electron chi connectivity index (χ2n) is 5.88. The summed E-state index contributed by atoms with van der Waals surface area (Å²) in [6.07, 6.45) is 3.18. The van der Waals surface area contributed by atoms with Gasteiger partial charge in [-0.25, -0.2) is 4.79 Å². The minimum Gasteiger partial charge on any atom is -0.463 e. The number of nitrogens with one attached hydrogen (secondary N) is 1. The Morgan fingerprint density at radius 2 is 2.26 bits per heavy atom. The van der Waals surface area contributed by atoms with Crippen LogP contribution in [0.5, 0.6) is 0 Å². The molecule has 0 amide bonds. The topological polar surface area (TPSA) is 100 Å². The predicted molar refractivity (Wildman–Crippen MR) is 91.5 cm³/mol. The van der Waals surface area contributed by atoms with Crippen LogP contribution >= 0.6 is 12.2 Å². The number of carbonyl (C=O) groups excluding carboxylic acids is 1. The quantitative estimate of drug-likeness (QED) is 0.586. The Bertz CT molecular complexity index is 602. The standard InChI is InChI=1S/C16H22N4O2S/c1-3-22-15(21)14-12(8-19-16(18)23)20-9(2)11(7-17)13(14)10-5-4-6-10/h10-11,13H,3-6,8H2,1-2H3,(H3,18,19,23). The van der Waals surface area contributed by atoms with Gasteiger partial charge in [0.05, 0.1) is 36.4 Å². The molecular weight excluding hydrogens is 312 g/mol. The Labute approximate surface area is 141 Å². The average molecular weight is 334 g/mol. The van der Waals surface area contributed by atoms with Crippen molar-refractivity contribution in [2.24, 2.45) is 28.5 Å². The summed E-state index contributed by atoms with van der Waals surface area (Å²) in [5.74, 6) is -0.605. The van der Waals surface area contributed by atoms with Gasteiger partial charge in [0.15, 0.2) is 5.11 Å². The van der Waals surface area contributed by atoms with Crippen molar-refractivity contribution in [1.29, 1.82) is 5.26 Å². The van der Waals surface area contributed by atoms with E-state index in [0.717, 1.165) is 25.0 Å². The summed E-state index contributed by atoms with van der Waals surface area (Å²) in [5, 5.41) is 12.6. The molecule has 2 unspecified atom stereocenters. The van der Waals surface area contributed by atoms with Crippen LogP contribution in [0.1, 0.15) is 33.1 Å². The number of nitrogens with two attached hydrogens (primary N) is 1. The fourth-order valence-corrected chi connectivity index (χ4v) is 3.28. The molecule has 1 aliphatic heterocycles. The van der Waals surface area contributed by atoms with E-state index in [1.54, 1.807) is 6.92 Å². The largest absolute Gasteiger partial charge is 0.463 e. The molecule has 0 spiro atoms. The highest BCUT2D eigenvalue weighted by molar-refractivity contribution is 7.80. The second-order valence-corrected chi connectivity index (χ2v) is 6.32. The van der Waals surface area contributed by atoms with Crippen LogP contribution in [0.3, 0.4) is 0 Å². The first-order valence-corrected chi connectivity index (χ1v) is 8.28. The maximum atomic E-state index is 12.5. The second kappa shape index (κ2) is 7.55. The van der Waals surface area contributed by atoms with E-state index >= 15 is 0 Å². The Morgan fingerprint density at radius 1 is 1.57 bits per heavy atom. The van der Waals surface area contributed by atoms with Crippen LogP contribution in [-0.2, 0) is 9.53 Å². The van der Waals surface area contributed by atoms with E-state index in [4.69, 9.17) is 22.7 Å². The summed E-state index contributed by atoms with van der Waals surface area (Å²) >= 11 is 4.84. The lowest BCUT2D eigenvalue weighted by Gasteiger charge is -2.39. The van der Waals surface area contributed by atoms with Crippen molar-refractivity contribution in [3.05, 3.63) is 11.3 Å². The molecule has 0 saturated heterocycles. The van der Waals surface area contributed by atoms with Gasteiger partial charge in [-0.15, -0.1) is 0 Å². The first kappa shape index (κ1) is 17.4. The Morgan fingerprint density at radius 3 is 2.74 bits per heavy atom. The zero-order valence-corrected chi connectivity index (χ0v) is 14.3. The van der Waals surface area contributed by atoms with Gasteiger partial charge in [0, 0.05) is 11.6 Å². The van der Waals surface area contributed by atoms with Crippen molar-refractivity contribution in [3.63, 3.8) is 0 Å². The molecule has 0 aromatic heterocycles. The number of aliphatic imine (C=N–C) groups is 1. The third-order valence-corrected chi connectivity index (χ3v) is 4.63. The van der Waals surface area contributed by atoms with E-state index in [9.17, 15) is 10.1 Å². The van der Waals surface area contributed by atoms with E-state index < -0.39 is 0 Å². The molecule has 2 atom stereocenters. The van der Waals surface area contributed by atoms with Gasteiger partial charge in [-0.2, -0.15) is 5.26 Å². The first-order valence-electron chi connectivity index (χ1n) is 7.87. The van der Waals surface area contributed by atoms with Gasteiger partial charge in [0.25, 0.3) is 0 Å². The molecule has 0 radical (unpaired) electrons. The van der Waals surface area contributed by atoms with Crippen LogP contribution in [0.25, 0.3) is 0 Å². The van der Waals surface area contributed by atoms with E-state index in [0.29, 0.717) is 17.2 Å². The third kappa shape index (κ3) is 3.70. The predicted octanol–water partition coefficient (Wildman–Crippen LogP) is 1.67. The summed E-state index contributed by atoms with van der Waals surface area (Å²) in [4.78, 5) is 17.0. The van der Waals surface area contributed by atoms with Gasteiger partial charge >= 0.3 is 5.97 Å². The van der Waals surface area contributed by atoms with E-state index in [1.807, 2.05) is 6.92 Å². The summed E-state index contributed by atoms with van der Waals surface area (Å²) < 4.78 is 5.23. The summed E-state index contributed by atoms with van der Waals surface area (Å²) in [5.41, 5.74) is 7.32. The van der Waals surface area contributed by atoms with E-state index in [2.05, 4.69) is 16.4 Å². The van der Waals surface area contributed by atoms with Gasteiger partial charge in [-0.05, 0) is 44.8 Å². The summed E-state index contributed by atoms with van der Waals surface area (Å²) in [6.45, 7) is 4.16. The van der Waals surface area contributed by atoms with Gasteiger partial charge in [-0.1, -0.05) is 6.42 Å². The van der Waals surface area contributed by atoms with Crippen LogP contribution in [0.15, 0.2) is 16.3 Å². The van der Waals surface area contributed by atoms with Crippen LogP contribution < -0.4 is 11.1 Å². The number of esters is 1. The maximum Gasteiger partial charge on any atom is 0.336 e. The van der Waals surface area contributed by atoms with Crippen LogP contribution in [-0.4, -0.2) is 29.9 Å². The number of rotatable bonds is 5. The lowest BCUT2D eigenvalue weighted by Crippen LogP contribution is -2.40. The molecule has 2 aliphatic rings. The lowest BCUT2D eigenvalue weighted by atomic mass is 9.65. The minimum atomic E-state index is -0.388. The van der Waals surface area contributed by atoms with Gasteiger partial charge < -0.3 is 15.8 Å². The third-order valence-electron chi connectivity index (χ3n) is 4.49. The van der Waals surface area contributed by atoms with E-state index in [-0.39, 0.29) is 36.1 Å². The fraction of sp³-hybridized carbons (Fsp3) is 0.625. The SMILES string of the molecule is CCOC(=O)C1=C(CNC(N)=S)N=C(C)C(C#N)C1C1CCC1. The normalized spacial score (nSPS) is 24.3. The monoisotopic (exact) mass is 334 g/mol. The summed E-state index contributed by atoms with van der Waals surface area (Å²) in [6, 6.07) is 2.32. The number of hydrogen-bond acceptors (Lipinski definition) is 5. The molecule has 23 heavy (non-hydrogen) atoms. The van der Waals surface area contributed by atoms with Crippen molar-refractivity contribution in [2.45, 2.75) is 33.1 Å². The molecule has 1 heterocycles. The maximum absolute atomic E-state index is 12.5. The van der Waals surface area contributed by atoms with E-state index in [1.165, 1.54) is 0 Å². The lowest BCUT2D eigenvalue weighted by molar-refractivity contribution is -0.139. The molecule has 3 N–H and O–H groups in total. The van der Waals surface area contributed by atoms with Crippen molar-refractivity contribution in [3.8, 4) is 6.07 Å². The van der Waals surface area contributed by atoms with Crippen molar-refractivity contribution >= 4 is 29.0 Å². The highest BCUT2D eigenvalue weighted by atomic mass is 32.1. The van der Waals surface area contributed by atoms with Gasteiger partial charge in [0.2, 0.25) is 0 Å². The van der Waals surface area contributed by atoms with Crippen molar-refractivity contribution in [1.82, 2.24) is 5.32 Å². The molecule has 2 rings (SSSR count). The molecule has 0 aromatic carbocycles. The Hall–Kier alpha value is -1.94. The molecule has 1 aliphatic carbocycles. The molecule has 1 fully saturated rings. The van der Waals surface area contributed by atoms with Crippen molar-refractivity contribution in [2.75, 3.05) is 13.2 Å². The van der Waals surface area contributed by atoms with Crippen LogP contribution in [0.2, 0.25) is 0 Å². The first-order chi connectivity index (χ1) is 11.0. The molecule has 7 heteroatoms. The number of thiocarbonyl (C=S) groups is 1. The van der Waals surface area contributed by atoms with Crippen LogP contribution in [0.4, 0.5) is 0 Å². The smallest absolute Gasteiger partial charge is 0.336 e. The Balaban J connectivity index is 2.44. The molecule has 1 saturated carbocycles. The molecule has 124 valence electrons. The number of carbonyl (C=O) groups is 1. The molecular formula is C16H22N4O2S. The highest BCUT2D eigenvalue weighted by Crippen LogP contribution is 2.44. The molecule has 6 nitrogen and oxygen atoms in total. The van der Waals surface area contributed by atoms with Crippen molar-refractivity contribution < 1.29 is 9.53 Å². The fourth-order valence-electron chi connectivity index (χ4n) is 3.21. The zero-order chi connectivity index (χ0) is 17.0. The summed E-state index contributed by atoms with van der Waals surface area (Å²) in [7, 11) is 0. The molecule has 0 bridgehead atoms. The number of ether oxygens (including phenoxy) is 1. The zero-order valence-electron chi connectivity index (χ0n) is 13.5. The number of nitriles is 1. The highest BCUT2D eigenvalue weighted by Gasteiger charge is 2.43. The van der Waals surface area contributed by atoms with Gasteiger partial charge in [0.1, 0.15) is 0 Å². The Kier molecular flexibility index (Phi) is 5.72. The average Bonchev–Trinajstić information content (AvgIpc) is 2.43. The van der Waals surface area contributed by atoms with Crippen LogP contribution in [0, 0.1) is 29.1 Å². The number of hydrogen-bond donors (Lipinski definition) is 2. The minimum absolute atomic E-state index is 0.149. The number of nitrogens with zero attached hydrogens (tertiary/aromatic N) is 2. The molecule has 0 aromatic rings. The van der Waals surface area contributed by atoms with Gasteiger partial charge in [-0.3, -0.25) is 4.99 Å².